The number of aryl methyl sites for hydroxylation is 1. The molecule has 0 fully saturated rings. The molecule has 0 saturated carbocycles. The summed E-state index contributed by atoms with van der Waals surface area (Å²) in [5.41, 5.74) is 1.46. The van der Waals surface area contributed by atoms with Gasteiger partial charge in [-0.15, -0.1) is 11.3 Å². The second kappa shape index (κ2) is 10.6. The van der Waals surface area contributed by atoms with Crippen molar-refractivity contribution in [2.45, 2.75) is 45.6 Å². The van der Waals surface area contributed by atoms with Gasteiger partial charge in [0.25, 0.3) is 0 Å². The number of methoxy groups -OCH3 is 1. The molecule has 0 unspecified atom stereocenters. The normalized spacial score (nSPS) is 10.6. The fourth-order valence-electron chi connectivity index (χ4n) is 2.29. The molecule has 0 bridgehead atoms. The number of carbonyl (C=O) groups excluding carboxylic acids is 2. The summed E-state index contributed by atoms with van der Waals surface area (Å²) >= 11 is 1.57. The van der Waals surface area contributed by atoms with Crippen LogP contribution in [0.5, 0.6) is 0 Å². The van der Waals surface area contributed by atoms with Gasteiger partial charge in [0.2, 0.25) is 0 Å². The smallest absolute Gasteiger partial charge is 0.407 e. The summed E-state index contributed by atoms with van der Waals surface area (Å²) in [4.78, 5) is 28.2. The molecule has 7 heteroatoms. The molecule has 0 saturated heterocycles. The minimum Gasteiger partial charge on any atom is -0.469 e. The highest BCUT2D eigenvalue weighted by Gasteiger charge is 2.15. The lowest BCUT2D eigenvalue weighted by Crippen LogP contribution is -2.32. The highest BCUT2D eigenvalue weighted by Crippen LogP contribution is 2.27. The fraction of sp³-hybridized carbons (Fsp3) is 0.409. The number of hydrogen-bond acceptors (Lipinski definition) is 6. The van der Waals surface area contributed by atoms with Crippen LogP contribution in [-0.4, -0.2) is 36.3 Å². The van der Waals surface area contributed by atoms with Crippen molar-refractivity contribution in [1.82, 2.24) is 10.3 Å². The average Bonchev–Trinajstić information content (AvgIpc) is 3.14. The van der Waals surface area contributed by atoms with E-state index >= 15 is 0 Å². The van der Waals surface area contributed by atoms with Gasteiger partial charge in [-0.1, -0.05) is 24.0 Å². The first-order valence-electron chi connectivity index (χ1n) is 9.34. The van der Waals surface area contributed by atoms with Gasteiger partial charge in [0.1, 0.15) is 5.60 Å². The second-order valence-corrected chi connectivity index (χ2v) is 8.37. The van der Waals surface area contributed by atoms with Crippen LogP contribution < -0.4 is 5.32 Å². The largest absolute Gasteiger partial charge is 0.469 e. The first-order valence-corrected chi connectivity index (χ1v) is 10.2. The molecule has 1 heterocycles. The molecular formula is C22H26N2O4S. The number of hydrogen-bond donors (Lipinski definition) is 1. The number of benzene rings is 1. The Hall–Kier alpha value is -2.85. The molecule has 0 aliphatic rings. The van der Waals surface area contributed by atoms with Crippen molar-refractivity contribution in [3.05, 3.63) is 41.0 Å². The Morgan fingerprint density at radius 1 is 1.21 bits per heavy atom. The standard InChI is InChI=1S/C22H26N2O4S/c1-22(2,3)28-21(26)23-14-6-5-7-16-8-10-17(11-9-16)18-15-24-19(29-18)12-13-20(25)27-4/h8-11,15H,6,12-14H2,1-4H3,(H,23,26). The van der Waals surface area contributed by atoms with E-state index in [1.54, 1.807) is 11.3 Å². The lowest BCUT2D eigenvalue weighted by Gasteiger charge is -2.19. The molecule has 1 aromatic heterocycles. The van der Waals surface area contributed by atoms with Gasteiger partial charge in [0.05, 0.1) is 23.4 Å². The van der Waals surface area contributed by atoms with Crippen LogP contribution in [0.4, 0.5) is 4.79 Å². The summed E-state index contributed by atoms with van der Waals surface area (Å²) in [5, 5.41) is 3.59. The van der Waals surface area contributed by atoms with Crippen LogP contribution in [0.15, 0.2) is 30.5 Å². The molecule has 1 amide bonds. The van der Waals surface area contributed by atoms with Gasteiger partial charge in [-0.05, 0) is 38.5 Å². The topological polar surface area (TPSA) is 77.5 Å². The van der Waals surface area contributed by atoms with Crippen LogP contribution in [0.1, 0.15) is 44.2 Å². The number of carbonyl (C=O) groups is 2. The Labute approximate surface area is 175 Å². The second-order valence-electron chi connectivity index (χ2n) is 7.25. The summed E-state index contributed by atoms with van der Waals surface area (Å²) < 4.78 is 9.82. The molecule has 154 valence electrons. The first kappa shape index (κ1) is 22.4. The number of amides is 1. The minimum absolute atomic E-state index is 0.231. The Balaban J connectivity index is 1.82. The predicted octanol–water partition coefficient (Wildman–Crippen LogP) is 4.18. The van der Waals surface area contributed by atoms with E-state index in [1.165, 1.54) is 7.11 Å². The maximum Gasteiger partial charge on any atom is 0.407 e. The Morgan fingerprint density at radius 2 is 1.93 bits per heavy atom. The fourth-order valence-corrected chi connectivity index (χ4v) is 3.22. The van der Waals surface area contributed by atoms with E-state index in [0.717, 1.165) is 21.0 Å². The van der Waals surface area contributed by atoms with E-state index in [2.05, 4.69) is 26.9 Å². The lowest BCUT2D eigenvalue weighted by molar-refractivity contribution is -0.140. The predicted molar refractivity (Wildman–Crippen MR) is 114 cm³/mol. The van der Waals surface area contributed by atoms with E-state index < -0.39 is 11.7 Å². The highest BCUT2D eigenvalue weighted by molar-refractivity contribution is 7.15. The van der Waals surface area contributed by atoms with Crippen molar-refractivity contribution in [2.24, 2.45) is 0 Å². The Bertz CT molecular complexity index is 886. The maximum absolute atomic E-state index is 11.5. The molecule has 0 spiro atoms. The highest BCUT2D eigenvalue weighted by atomic mass is 32.1. The van der Waals surface area contributed by atoms with Gasteiger partial charge in [0.15, 0.2) is 0 Å². The van der Waals surface area contributed by atoms with Gasteiger partial charge >= 0.3 is 12.1 Å². The van der Waals surface area contributed by atoms with Crippen molar-refractivity contribution in [2.75, 3.05) is 13.7 Å². The number of aromatic nitrogens is 1. The van der Waals surface area contributed by atoms with E-state index in [-0.39, 0.29) is 5.97 Å². The van der Waals surface area contributed by atoms with Crippen LogP contribution in [0.25, 0.3) is 10.4 Å². The molecule has 29 heavy (non-hydrogen) atoms. The Kier molecular flexibility index (Phi) is 8.22. The van der Waals surface area contributed by atoms with Crippen LogP contribution in [0, 0.1) is 11.8 Å². The molecule has 6 nitrogen and oxygen atoms in total. The van der Waals surface area contributed by atoms with Crippen molar-refractivity contribution in [3.8, 4) is 22.3 Å². The number of rotatable bonds is 6. The van der Waals surface area contributed by atoms with E-state index in [0.29, 0.717) is 25.8 Å². The van der Waals surface area contributed by atoms with Crippen LogP contribution in [-0.2, 0) is 20.7 Å². The third-order valence-electron chi connectivity index (χ3n) is 3.64. The van der Waals surface area contributed by atoms with E-state index in [1.807, 2.05) is 51.2 Å². The number of nitrogens with one attached hydrogen (secondary N) is 1. The van der Waals surface area contributed by atoms with Gasteiger partial charge in [0, 0.05) is 31.1 Å². The average molecular weight is 415 g/mol. The maximum atomic E-state index is 11.5. The number of esters is 1. The summed E-state index contributed by atoms with van der Waals surface area (Å²) in [6.45, 7) is 5.91. The van der Waals surface area contributed by atoms with Crippen molar-refractivity contribution in [1.29, 1.82) is 0 Å². The van der Waals surface area contributed by atoms with Gasteiger partial charge in [-0.2, -0.15) is 0 Å². The molecule has 0 aliphatic carbocycles. The third-order valence-corrected chi connectivity index (χ3v) is 4.75. The first-order chi connectivity index (χ1) is 13.8. The summed E-state index contributed by atoms with van der Waals surface area (Å²) in [6.07, 6.45) is 2.85. The van der Waals surface area contributed by atoms with E-state index in [4.69, 9.17) is 4.74 Å². The molecule has 1 N–H and O–H groups in total. The molecule has 0 atom stereocenters. The van der Waals surface area contributed by atoms with Crippen molar-refractivity contribution >= 4 is 23.4 Å². The van der Waals surface area contributed by atoms with Gasteiger partial charge in [-0.3, -0.25) is 4.79 Å². The SMILES string of the molecule is COC(=O)CCc1ncc(-c2ccc(C#CCCNC(=O)OC(C)(C)C)cc2)s1. The van der Waals surface area contributed by atoms with Crippen LogP contribution >= 0.6 is 11.3 Å². The zero-order valence-corrected chi connectivity index (χ0v) is 18.0. The third kappa shape index (κ3) is 8.36. The molecule has 0 aliphatic heterocycles. The van der Waals surface area contributed by atoms with Crippen molar-refractivity contribution in [3.63, 3.8) is 0 Å². The Morgan fingerprint density at radius 3 is 2.59 bits per heavy atom. The van der Waals surface area contributed by atoms with Crippen LogP contribution in [0.3, 0.4) is 0 Å². The molecular weight excluding hydrogens is 388 g/mol. The summed E-state index contributed by atoms with van der Waals surface area (Å²) in [5.74, 6) is 5.90. The van der Waals surface area contributed by atoms with Crippen LogP contribution in [0.2, 0.25) is 0 Å². The summed E-state index contributed by atoms with van der Waals surface area (Å²) in [7, 11) is 1.39. The molecule has 2 rings (SSSR count). The number of nitrogens with zero attached hydrogens (tertiary/aromatic N) is 1. The van der Waals surface area contributed by atoms with Gasteiger partial charge in [-0.25, -0.2) is 9.78 Å². The monoisotopic (exact) mass is 414 g/mol. The van der Waals surface area contributed by atoms with Gasteiger partial charge < -0.3 is 14.8 Å². The molecule has 1 aromatic carbocycles. The number of alkyl carbamates (subject to hydrolysis) is 1. The number of ether oxygens (including phenoxy) is 2. The number of thiazole rings is 1. The molecule has 2 aromatic rings. The quantitative estimate of drug-likeness (QED) is 0.436. The lowest BCUT2D eigenvalue weighted by atomic mass is 10.1. The zero-order valence-electron chi connectivity index (χ0n) is 17.2. The minimum atomic E-state index is -0.502. The van der Waals surface area contributed by atoms with Crippen molar-refractivity contribution < 1.29 is 19.1 Å². The summed E-state index contributed by atoms with van der Waals surface area (Å²) in [6, 6.07) is 7.91. The van der Waals surface area contributed by atoms with E-state index in [9.17, 15) is 9.59 Å². The molecule has 0 radical (unpaired) electrons. The zero-order chi connectivity index (χ0) is 21.3.